The van der Waals surface area contributed by atoms with Gasteiger partial charge in [-0.15, -0.1) is 0 Å². The summed E-state index contributed by atoms with van der Waals surface area (Å²) < 4.78 is 15.2. The molecule has 1 saturated heterocycles. The van der Waals surface area contributed by atoms with Crippen molar-refractivity contribution in [3.8, 4) is 5.75 Å². The maximum absolute atomic E-state index is 12.9. The van der Waals surface area contributed by atoms with Gasteiger partial charge in [0.15, 0.2) is 12.4 Å². The van der Waals surface area contributed by atoms with Gasteiger partial charge in [-0.05, 0) is 66.5 Å². The Balaban J connectivity index is 1.02. The normalized spacial score (nSPS) is 29.5. The third kappa shape index (κ3) is 3.58. The molecular weight excluding hydrogens is 454 g/mol. The lowest BCUT2D eigenvalue weighted by molar-refractivity contribution is -0.152. The fourth-order valence-corrected chi connectivity index (χ4v) is 5.84. The van der Waals surface area contributed by atoms with Crippen molar-refractivity contribution < 1.29 is 37.9 Å². The Morgan fingerprint density at radius 3 is 2.20 bits per heavy atom. The standard InChI is InChI=1S/C26H21NO8/c28-19(13-3-5-14(6-4-13)35-26(32)20-2-1-9-33-20)12-34-21(29)11-27-24(30)22-15-7-8-16(18-10-17(15)18)23(22)25(27)31/h1-9,15-18,22-23H,10-12H2. The third-order valence-electron chi connectivity index (χ3n) is 7.51. The Bertz CT molecular complexity index is 1220. The summed E-state index contributed by atoms with van der Waals surface area (Å²) in [4.78, 5) is 63.6. The van der Waals surface area contributed by atoms with Gasteiger partial charge in [-0.25, -0.2) is 4.79 Å². The van der Waals surface area contributed by atoms with Gasteiger partial charge in [0.25, 0.3) is 0 Å². The van der Waals surface area contributed by atoms with E-state index >= 15 is 0 Å². The number of furan rings is 1. The molecule has 5 aliphatic rings. The van der Waals surface area contributed by atoms with E-state index in [1.807, 2.05) is 0 Å². The first-order valence-corrected chi connectivity index (χ1v) is 11.5. The van der Waals surface area contributed by atoms with Crippen molar-refractivity contribution in [2.75, 3.05) is 13.2 Å². The van der Waals surface area contributed by atoms with Crippen LogP contribution in [-0.2, 0) is 19.1 Å². The molecule has 4 aliphatic carbocycles. The topological polar surface area (TPSA) is 120 Å². The average Bonchev–Trinajstić information content (AvgIpc) is 3.44. The van der Waals surface area contributed by atoms with Crippen LogP contribution in [0.4, 0.5) is 0 Å². The van der Waals surface area contributed by atoms with Crippen molar-refractivity contribution in [3.05, 3.63) is 66.1 Å². The van der Waals surface area contributed by atoms with Crippen LogP contribution in [-0.4, -0.2) is 47.6 Å². The van der Waals surface area contributed by atoms with Gasteiger partial charge in [0.1, 0.15) is 12.3 Å². The second-order valence-corrected chi connectivity index (χ2v) is 9.39. The van der Waals surface area contributed by atoms with Crippen molar-refractivity contribution in [3.63, 3.8) is 0 Å². The maximum atomic E-state index is 12.9. The molecule has 0 radical (unpaired) electrons. The largest absolute Gasteiger partial charge is 0.457 e. The van der Waals surface area contributed by atoms with Crippen LogP contribution >= 0.6 is 0 Å². The van der Waals surface area contributed by atoms with Crippen LogP contribution in [0, 0.1) is 35.5 Å². The summed E-state index contributed by atoms with van der Waals surface area (Å²) in [6, 6.07) is 8.78. The molecule has 1 aromatic heterocycles. The van der Waals surface area contributed by atoms with Gasteiger partial charge in [-0.2, -0.15) is 0 Å². The van der Waals surface area contributed by atoms with Crippen LogP contribution < -0.4 is 4.74 Å². The number of esters is 2. The highest BCUT2D eigenvalue weighted by Gasteiger charge is 2.67. The van der Waals surface area contributed by atoms with E-state index in [-0.39, 0.29) is 52.6 Å². The number of nitrogens with zero attached hydrogens (tertiary/aromatic N) is 1. The molecule has 6 atom stereocenters. The number of hydrogen-bond acceptors (Lipinski definition) is 8. The van der Waals surface area contributed by atoms with Gasteiger partial charge in [-0.3, -0.25) is 24.1 Å². The molecule has 3 fully saturated rings. The second-order valence-electron chi connectivity index (χ2n) is 9.39. The Labute approximate surface area is 199 Å². The van der Waals surface area contributed by atoms with Crippen molar-refractivity contribution >= 4 is 29.5 Å². The number of benzene rings is 1. The van der Waals surface area contributed by atoms with E-state index in [9.17, 15) is 24.0 Å². The number of hydrogen-bond donors (Lipinski definition) is 0. The maximum Gasteiger partial charge on any atom is 0.379 e. The first kappa shape index (κ1) is 21.5. The molecular formula is C26H21NO8. The predicted molar refractivity (Wildman–Crippen MR) is 117 cm³/mol. The summed E-state index contributed by atoms with van der Waals surface area (Å²) in [5.74, 6) is -1.96. The fraction of sp³-hybridized carbons (Fsp3) is 0.346. The molecule has 9 nitrogen and oxygen atoms in total. The van der Waals surface area contributed by atoms with Crippen LogP contribution in [0.25, 0.3) is 0 Å². The van der Waals surface area contributed by atoms with E-state index < -0.39 is 30.9 Å². The lowest BCUT2D eigenvalue weighted by Crippen LogP contribution is -2.40. The average molecular weight is 475 g/mol. The number of carbonyl (C=O) groups excluding carboxylic acids is 5. The van der Waals surface area contributed by atoms with Gasteiger partial charge in [-0.1, -0.05) is 12.2 Å². The minimum Gasteiger partial charge on any atom is -0.457 e. The Morgan fingerprint density at radius 2 is 1.60 bits per heavy atom. The van der Waals surface area contributed by atoms with Gasteiger partial charge >= 0.3 is 11.9 Å². The highest BCUT2D eigenvalue weighted by Crippen LogP contribution is 2.65. The van der Waals surface area contributed by atoms with E-state index in [0.717, 1.165) is 11.3 Å². The quantitative estimate of drug-likeness (QED) is 0.197. The summed E-state index contributed by atoms with van der Waals surface area (Å²) >= 11 is 0. The van der Waals surface area contributed by atoms with Crippen molar-refractivity contribution in [1.29, 1.82) is 0 Å². The van der Waals surface area contributed by atoms with Crippen LogP contribution in [0.5, 0.6) is 5.75 Å². The van der Waals surface area contributed by atoms with Crippen LogP contribution in [0.1, 0.15) is 27.3 Å². The molecule has 2 saturated carbocycles. The summed E-state index contributed by atoms with van der Waals surface area (Å²) in [5.41, 5.74) is 0.247. The summed E-state index contributed by atoms with van der Waals surface area (Å²) in [5, 5.41) is 0. The fourth-order valence-electron chi connectivity index (χ4n) is 5.84. The minimum absolute atomic E-state index is 0.0481. The number of imide groups is 1. The first-order valence-electron chi connectivity index (χ1n) is 11.5. The molecule has 2 heterocycles. The highest BCUT2D eigenvalue weighted by atomic mass is 16.5. The molecule has 0 N–H and O–H groups in total. The number of carbonyl (C=O) groups is 5. The molecule has 2 bridgehead atoms. The zero-order valence-electron chi connectivity index (χ0n) is 18.5. The SMILES string of the molecule is O=C(CN1C(=O)C2C3C=CC(C4CC34)C2C1=O)OCC(=O)c1ccc(OC(=O)c2ccco2)cc1. The summed E-state index contributed by atoms with van der Waals surface area (Å²) in [7, 11) is 0. The molecule has 178 valence electrons. The molecule has 0 spiro atoms. The van der Waals surface area contributed by atoms with Crippen molar-refractivity contribution in [2.24, 2.45) is 35.5 Å². The molecule has 6 unspecified atom stereocenters. The van der Waals surface area contributed by atoms with E-state index in [0.29, 0.717) is 11.8 Å². The smallest absolute Gasteiger partial charge is 0.379 e. The lowest BCUT2D eigenvalue weighted by atomic mass is 9.63. The second kappa shape index (κ2) is 8.04. The summed E-state index contributed by atoms with van der Waals surface area (Å²) in [6.07, 6.45) is 6.54. The first-order chi connectivity index (χ1) is 16.9. The van der Waals surface area contributed by atoms with Crippen LogP contribution in [0.2, 0.25) is 0 Å². The van der Waals surface area contributed by atoms with Crippen molar-refractivity contribution in [1.82, 2.24) is 4.90 Å². The number of ether oxygens (including phenoxy) is 2. The van der Waals surface area contributed by atoms with E-state index in [2.05, 4.69) is 12.2 Å². The van der Waals surface area contributed by atoms with E-state index in [1.165, 1.54) is 36.6 Å². The number of amides is 2. The third-order valence-corrected chi connectivity index (χ3v) is 7.51. The van der Waals surface area contributed by atoms with Crippen molar-refractivity contribution in [2.45, 2.75) is 6.42 Å². The highest BCUT2D eigenvalue weighted by molar-refractivity contribution is 6.08. The molecule has 9 heteroatoms. The lowest BCUT2D eigenvalue weighted by Gasteiger charge is -2.37. The molecule has 1 aromatic carbocycles. The van der Waals surface area contributed by atoms with Crippen LogP contribution in [0.15, 0.2) is 59.2 Å². The van der Waals surface area contributed by atoms with Gasteiger partial charge < -0.3 is 13.9 Å². The Morgan fingerprint density at radius 1 is 0.943 bits per heavy atom. The van der Waals surface area contributed by atoms with Gasteiger partial charge in [0.05, 0.1) is 18.1 Å². The molecule has 7 rings (SSSR count). The molecule has 1 aliphatic heterocycles. The number of allylic oxidation sites excluding steroid dienone is 2. The summed E-state index contributed by atoms with van der Waals surface area (Å²) in [6.45, 7) is -1.03. The van der Waals surface area contributed by atoms with Gasteiger partial charge in [0, 0.05) is 5.56 Å². The molecule has 2 amide bonds. The number of ketones is 1. The zero-order valence-corrected chi connectivity index (χ0v) is 18.5. The van der Waals surface area contributed by atoms with E-state index in [4.69, 9.17) is 13.9 Å². The number of rotatable bonds is 7. The number of Topliss-reactive ketones (excluding diaryl/α,β-unsaturated/α-hetero) is 1. The zero-order chi connectivity index (χ0) is 24.3. The Hall–Kier alpha value is -4.01. The van der Waals surface area contributed by atoms with E-state index in [1.54, 1.807) is 6.07 Å². The monoisotopic (exact) mass is 475 g/mol. The number of likely N-dealkylation sites (tertiary alicyclic amines) is 1. The minimum atomic E-state index is -0.812. The molecule has 2 aromatic rings. The Kier molecular flexibility index (Phi) is 4.94. The predicted octanol–water partition coefficient (Wildman–Crippen LogP) is 2.28. The van der Waals surface area contributed by atoms with Gasteiger partial charge in [0.2, 0.25) is 17.6 Å². The molecule has 35 heavy (non-hydrogen) atoms. The van der Waals surface area contributed by atoms with Crippen LogP contribution in [0.3, 0.4) is 0 Å².